The zero-order valence-corrected chi connectivity index (χ0v) is 11.5. The summed E-state index contributed by atoms with van der Waals surface area (Å²) in [6.45, 7) is 3.47. The minimum atomic E-state index is -4.67. The standard InChI is InChI=1S/C14H16F3N3O/c1-2-8-20-9-7-18-13(20)10-19-11-3-5-12(6-4-11)21-14(15,16)17/h3-7,9,19H,2,8,10H2,1H3. The highest BCUT2D eigenvalue weighted by molar-refractivity contribution is 5.46. The predicted molar refractivity (Wildman–Crippen MR) is 73.0 cm³/mol. The molecule has 0 saturated carbocycles. The van der Waals surface area contributed by atoms with E-state index in [0.717, 1.165) is 18.8 Å². The largest absolute Gasteiger partial charge is 0.573 e. The van der Waals surface area contributed by atoms with Crippen molar-refractivity contribution in [3.63, 3.8) is 0 Å². The molecule has 0 bridgehead atoms. The number of benzene rings is 1. The summed E-state index contributed by atoms with van der Waals surface area (Å²) in [5, 5.41) is 3.12. The molecule has 2 aromatic rings. The minimum absolute atomic E-state index is 0.236. The van der Waals surface area contributed by atoms with Gasteiger partial charge in [-0.15, -0.1) is 13.2 Å². The molecule has 0 aliphatic heterocycles. The van der Waals surface area contributed by atoms with Gasteiger partial charge in [-0.2, -0.15) is 0 Å². The van der Waals surface area contributed by atoms with E-state index in [1.807, 2.05) is 10.8 Å². The van der Waals surface area contributed by atoms with Gasteiger partial charge in [0.2, 0.25) is 0 Å². The van der Waals surface area contributed by atoms with Gasteiger partial charge in [-0.25, -0.2) is 4.98 Å². The number of hydrogen-bond donors (Lipinski definition) is 1. The van der Waals surface area contributed by atoms with Crippen molar-refractivity contribution in [2.45, 2.75) is 32.8 Å². The van der Waals surface area contributed by atoms with E-state index in [1.165, 1.54) is 24.3 Å². The maximum absolute atomic E-state index is 12.0. The molecule has 21 heavy (non-hydrogen) atoms. The number of ether oxygens (including phenoxy) is 1. The second-order valence-electron chi connectivity index (χ2n) is 4.46. The van der Waals surface area contributed by atoms with Gasteiger partial charge in [0.05, 0.1) is 6.54 Å². The highest BCUT2D eigenvalue weighted by atomic mass is 19.4. The molecule has 0 aliphatic rings. The topological polar surface area (TPSA) is 39.1 Å². The van der Waals surface area contributed by atoms with E-state index in [-0.39, 0.29) is 5.75 Å². The lowest BCUT2D eigenvalue weighted by molar-refractivity contribution is -0.274. The third-order valence-corrected chi connectivity index (χ3v) is 2.80. The summed E-state index contributed by atoms with van der Waals surface area (Å²) in [4.78, 5) is 4.24. The van der Waals surface area contributed by atoms with E-state index in [9.17, 15) is 13.2 Å². The zero-order chi connectivity index (χ0) is 15.3. The molecule has 1 N–H and O–H groups in total. The van der Waals surface area contributed by atoms with E-state index in [2.05, 4.69) is 22.0 Å². The molecule has 0 radical (unpaired) electrons. The summed E-state index contributed by atoms with van der Waals surface area (Å²) in [7, 11) is 0. The molecule has 1 aromatic heterocycles. The molecule has 0 fully saturated rings. The monoisotopic (exact) mass is 299 g/mol. The molecule has 0 atom stereocenters. The van der Waals surface area contributed by atoms with Gasteiger partial charge >= 0.3 is 6.36 Å². The van der Waals surface area contributed by atoms with Crippen LogP contribution in [0, 0.1) is 0 Å². The number of nitrogens with zero attached hydrogens (tertiary/aromatic N) is 2. The molecule has 0 spiro atoms. The second-order valence-corrected chi connectivity index (χ2v) is 4.46. The molecule has 0 aliphatic carbocycles. The Bertz CT molecular complexity index is 564. The molecule has 2 rings (SSSR count). The molecule has 114 valence electrons. The summed E-state index contributed by atoms with van der Waals surface area (Å²) in [5.74, 6) is 0.646. The number of aromatic nitrogens is 2. The van der Waals surface area contributed by atoms with Crippen LogP contribution >= 0.6 is 0 Å². The van der Waals surface area contributed by atoms with E-state index in [1.54, 1.807) is 6.20 Å². The molecule has 0 amide bonds. The fourth-order valence-electron chi connectivity index (χ4n) is 1.91. The van der Waals surface area contributed by atoms with Crippen molar-refractivity contribution in [3.8, 4) is 5.75 Å². The minimum Gasteiger partial charge on any atom is -0.406 e. The average molecular weight is 299 g/mol. The first-order valence-electron chi connectivity index (χ1n) is 6.57. The van der Waals surface area contributed by atoms with Gasteiger partial charge in [0.15, 0.2) is 0 Å². The molecule has 1 aromatic carbocycles. The van der Waals surface area contributed by atoms with E-state index < -0.39 is 6.36 Å². The van der Waals surface area contributed by atoms with Crippen LogP contribution in [-0.4, -0.2) is 15.9 Å². The quantitative estimate of drug-likeness (QED) is 0.881. The Labute approximate surface area is 120 Å². The molecule has 1 heterocycles. The third-order valence-electron chi connectivity index (χ3n) is 2.80. The first kappa shape index (κ1) is 15.2. The Morgan fingerprint density at radius 2 is 1.95 bits per heavy atom. The van der Waals surface area contributed by atoms with Crippen molar-refractivity contribution >= 4 is 5.69 Å². The van der Waals surface area contributed by atoms with Crippen molar-refractivity contribution in [3.05, 3.63) is 42.5 Å². The predicted octanol–water partition coefficient (Wildman–Crippen LogP) is 3.80. The normalized spacial score (nSPS) is 11.4. The van der Waals surface area contributed by atoms with Gasteiger partial charge in [-0.3, -0.25) is 0 Å². The fourth-order valence-corrected chi connectivity index (χ4v) is 1.91. The highest BCUT2D eigenvalue weighted by Gasteiger charge is 2.30. The van der Waals surface area contributed by atoms with Crippen LogP contribution in [0.5, 0.6) is 5.75 Å². The van der Waals surface area contributed by atoms with Crippen molar-refractivity contribution < 1.29 is 17.9 Å². The van der Waals surface area contributed by atoms with Gasteiger partial charge in [0.1, 0.15) is 11.6 Å². The number of rotatable bonds is 6. The van der Waals surface area contributed by atoms with Gasteiger partial charge in [0.25, 0.3) is 0 Å². The van der Waals surface area contributed by atoms with Crippen molar-refractivity contribution in [2.75, 3.05) is 5.32 Å². The van der Waals surface area contributed by atoms with E-state index >= 15 is 0 Å². The molecular formula is C14H16F3N3O. The van der Waals surface area contributed by atoms with Crippen LogP contribution in [-0.2, 0) is 13.1 Å². The van der Waals surface area contributed by atoms with Crippen molar-refractivity contribution in [1.29, 1.82) is 0 Å². The van der Waals surface area contributed by atoms with Crippen LogP contribution in [0.1, 0.15) is 19.2 Å². The average Bonchev–Trinajstić information content (AvgIpc) is 2.84. The number of aryl methyl sites for hydroxylation is 1. The van der Waals surface area contributed by atoms with Gasteiger partial charge < -0.3 is 14.6 Å². The molecular weight excluding hydrogens is 283 g/mol. The Kier molecular flexibility index (Phi) is 4.72. The molecule has 7 heteroatoms. The Morgan fingerprint density at radius 3 is 2.57 bits per heavy atom. The maximum Gasteiger partial charge on any atom is 0.573 e. The van der Waals surface area contributed by atoms with Gasteiger partial charge in [-0.05, 0) is 30.7 Å². The SMILES string of the molecule is CCCn1ccnc1CNc1ccc(OC(F)(F)F)cc1. The maximum atomic E-state index is 12.0. The lowest BCUT2D eigenvalue weighted by atomic mass is 10.3. The van der Waals surface area contributed by atoms with Crippen LogP contribution in [0.2, 0.25) is 0 Å². The van der Waals surface area contributed by atoms with E-state index in [4.69, 9.17) is 0 Å². The number of alkyl halides is 3. The third kappa shape index (κ3) is 4.70. The van der Waals surface area contributed by atoms with Crippen LogP contribution in [0.15, 0.2) is 36.7 Å². The fraction of sp³-hybridized carbons (Fsp3) is 0.357. The summed E-state index contributed by atoms with van der Waals surface area (Å²) in [5.41, 5.74) is 0.704. The van der Waals surface area contributed by atoms with Crippen molar-refractivity contribution in [2.24, 2.45) is 0 Å². The molecule has 0 saturated heterocycles. The number of halogens is 3. The summed E-state index contributed by atoms with van der Waals surface area (Å²) >= 11 is 0. The molecule has 4 nitrogen and oxygen atoms in total. The van der Waals surface area contributed by atoms with E-state index in [0.29, 0.717) is 12.2 Å². The highest BCUT2D eigenvalue weighted by Crippen LogP contribution is 2.24. The number of anilines is 1. The lowest BCUT2D eigenvalue weighted by Crippen LogP contribution is -2.17. The number of hydrogen-bond acceptors (Lipinski definition) is 3. The zero-order valence-electron chi connectivity index (χ0n) is 11.5. The smallest absolute Gasteiger partial charge is 0.406 e. The number of imidazole rings is 1. The summed E-state index contributed by atoms with van der Waals surface area (Å²) in [6, 6.07) is 5.62. The summed E-state index contributed by atoms with van der Waals surface area (Å²) in [6.07, 6.45) is -0.0274. The van der Waals surface area contributed by atoms with Crippen LogP contribution in [0.3, 0.4) is 0 Å². The first-order valence-corrected chi connectivity index (χ1v) is 6.57. The first-order chi connectivity index (χ1) is 9.98. The lowest BCUT2D eigenvalue weighted by Gasteiger charge is -2.11. The van der Waals surface area contributed by atoms with Gasteiger partial charge in [0, 0.05) is 24.6 Å². The van der Waals surface area contributed by atoms with Crippen molar-refractivity contribution in [1.82, 2.24) is 9.55 Å². The van der Waals surface area contributed by atoms with Gasteiger partial charge in [-0.1, -0.05) is 6.92 Å². The Balaban J connectivity index is 1.93. The Hall–Kier alpha value is -2.18. The molecule has 0 unspecified atom stereocenters. The summed E-state index contributed by atoms with van der Waals surface area (Å²) < 4.78 is 42.0. The van der Waals surface area contributed by atoms with Crippen LogP contribution in [0.25, 0.3) is 0 Å². The van der Waals surface area contributed by atoms with Crippen LogP contribution in [0.4, 0.5) is 18.9 Å². The van der Waals surface area contributed by atoms with Crippen LogP contribution < -0.4 is 10.1 Å². The number of nitrogens with one attached hydrogen (secondary N) is 1. The second kappa shape index (κ2) is 6.51. The Morgan fingerprint density at radius 1 is 1.24 bits per heavy atom.